The summed E-state index contributed by atoms with van der Waals surface area (Å²) in [5.41, 5.74) is 2.33. The highest BCUT2D eigenvalue weighted by molar-refractivity contribution is 8.13. The first kappa shape index (κ1) is 14.7. The second-order valence-electron chi connectivity index (χ2n) is 4.31. The highest BCUT2D eigenvalue weighted by atomic mass is 32.2. The second kappa shape index (κ2) is 6.61. The van der Waals surface area contributed by atoms with Gasteiger partial charge in [0.25, 0.3) is 0 Å². The van der Waals surface area contributed by atoms with Crippen LogP contribution in [0.4, 0.5) is 0 Å². The van der Waals surface area contributed by atoms with Crippen molar-refractivity contribution in [2.75, 3.05) is 12.9 Å². The summed E-state index contributed by atoms with van der Waals surface area (Å²) >= 11 is 1.53. The number of thioether (sulfide) groups is 1. The molecule has 1 unspecified atom stereocenters. The van der Waals surface area contributed by atoms with E-state index in [1.165, 1.54) is 11.8 Å². The molecule has 20 heavy (non-hydrogen) atoms. The molecule has 5 heteroatoms. The van der Waals surface area contributed by atoms with Crippen LogP contribution in [-0.4, -0.2) is 30.0 Å². The van der Waals surface area contributed by atoms with Gasteiger partial charge in [-0.1, -0.05) is 42.1 Å². The van der Waals surface area contributed by atoms with Crippen molar-refractivity contribution in [3.63, 3.8) is 0 Å². The van der Waals surface area contributed by atoms with Crippen molar-refractivity contribution in [1.82, 2.24) is 5.32 Å². The highest BCUT2D eigenvalue weighted by Crippen LogP contribution is 2.26. The van der Waals surface area contributed by atoms with Crippen LogP contribution < -0.4 is 5.32 Å². The van der Waals surface area contributed by atoms with Crippen molar-refractivity contribution in [3.05, 3.63) is 41.5 Å². The maximum absolute atomic E-state index is 12.2. The summed E-state index contributed by atoms with van der Waals surface area (Å²) in [6.45, 7) is 4.07. The predicted octanol–water partition coefficient (Wildman–Crippen LogP) is 2.67. The minimum Gasteiger partial charge on any atom is -0.463 e. The number of benzene rings is 1. The fourth-order valence-corrected chi connectivity index (χ4v) is 2.54. The molecule has 1 atom stereocenters. The quantitative estimate of drug-likeness (QED) is 0.870. The van der Waals surface area contributed by atoms with E-state index in [1.807, 2.05) is 43.5 Å². The Kier molecular flexibility index (Phi) is 4.84. The zero-order valence-electron chi connectivity index (χ0n) is 11.8. The Morgan fingerprint density at radius 1 is 1.40 bits per heavy atom. The van der Waals surface area contributed by atoms with Gasteiger partial charge in [-0.3, -0.25) is 4.99 Å². The van der Waals surface area contributed by atoms with Crippen LogP contribution in [0.2, 0.25) is 0 Å². The third-order valence-corrected chi connectivity index (χ3v) is 3.58. The lowest BCUT2D eigenvalue weighted by Crippen LogP contribution is -2.32. The lowest BCUT2D eigenvalue weighted by Gasteiger charge is -2.24. The Hall–Kier alpha value is -1.75. The Bertz CT molecular complexity index is 552. The summed E-state index contributed by atoms with van der Waals surface area (Å²) in [5, 5.41) is 4.04. The Balaban J connectivity index is 2.47. The highest BCUT2D eigenvalue weighted by Gasteiger charge is 2.28. The summed E-state index contributed by atoms with van der Waals surface area (Å²) < 4.78 is 5.16. The van der Waals surface area contributed by atoms with E-state index in [4.69, 9.17) is 4.74 Å². The van der Waals surface area contributed by atoms with Crippen molar-refractivity contribution < 1.29 is 9.53 Å². The van der Waals surface area contributed by atoms with E-state index in [0.717, 1.165) is 16.4 Å². The number of esters is 1. The average Bonchev–Trinajstić information content (AvgIpc) is 2.47. The molecule has 1 aromatic rings. The van der Waals surface area contributed by atoms with Crippen molar-refractivity contribution >= 4 is 28.6 Å². The van der Waals surface area contributed by atoms with Gasteiger partial charge in [-0.05, 0) is 25.7 Å². The van der Waals surface area contributed by atoms with Crippen molar-refractivity contribution in [2.45, 2.75) is 19.9 Å². The summed E-state index contributed by atoms with van der Waals surface area (Å²) in [7, 11) is 0. The number of hydrogen-bond donors (Lipinski definition) is 1. The zero-order valence-corrected chi connectivity index (χ0v) is 12.7. The molecule has 0 amide bonds. The molecule has 0 aliphatic carbocycles. The smallest absolute Gasteiger partial charge is 0.338 e. The fourth-order valence-electron chi connectivity index (χ4n) is 2.07. The molecule has 0 radical (unpaired) electrons. The van der Waals surface area contributed by atoms with E-state index in [9.17, 15) is 4.79 Å². The summed E-state index contributed by atoms with van der Waals surface area (Å²) in [4.78, 5) is 16.7. The van der Waals surface area contributed by atoms with Crippen LogP contribution in [0.1, 0.15) is 19.4 Å². The molecule has 1 N–H and O–H groups in total. The molecule has 106 valence electrons. The van der Waals surface area contributed by atoms with Gasteiger partial charge in [-0.15, -0.1) is 0 Å². The molecule has 1 aliphatic rings. The summed E-state index contributed by atoms with van der Waals surface area (Å²) in [6.07, 6.45) is 1.95. The molecule has 0 aromatic heterocycles. The molecular weight excluding hydrogens is 272 g/mol. The van der Waals surface area contributed by atoms with Gasteiger partial charge in [0.1, 0.15) is 0 Å². The van der Waals surface area contributed by atoms with Gasteiger partial charge in [0.15, 0.2) is 5.17 Å². The van der Waals surface area contributed by atoms with E-state index < -0.39 is 0 Å². The second-order valence-corrected chi connectivity index (χ2v) is 5.11. The maximum Gasteiger partial charge on any atom is 0.338 e. The number of nitrogens with one attached hydrogen (secondary N) is 1. The minimum absolute atomic E-state index is 0.215. The van der Waals surface area contributed by atoms with Gasteiger partial charge >= 0.3 is 5.97 Å². The summed E-state index contributed by atoms with van der Waals surface area (Å²) in [5.74, 6) is -0.310. The van der Waals surface area contributed by atoms with Crippen LogP contribution in [0.5, 0.6) is 0 Å². The van der Waals surface area contributed by atoms with E-state index in [1.54, 1.807) is 6.92 Å². The molecule has 0 spiro atoms. The van der Waals surface area contributed by atoms with E-state index in [-0.39, 0.29) is 12.0 Å². The number of amidine groups is 1. The number of rotatable bonds is 3. The Labute approximate surface area is 123 Å². The van der Waals surface area contributed by atoms with Crippen LogP contribution in [0, 0.1) is 0 Å². The standard InChI is InChI=1S/C15H18N2O2S/c1-4-19-14(18)12-10(2)16-15(20-3)17-13(12)11-8-6-5-7-9-11/h5-10H,4H2,1-3H3,(H,16,17). The normalized spacial score (nSPS) is 18.4. The van der Waals surface area contributed by atoms with Crippen molar-refractivity contribution in [1.29, 1.82) is 0 Å². The molecule has 0 fully saturated rings. The van der Waals surface area contributed by atoms with E-state index in [0.29, 0.717) is 12.2 Å². The van der Waals surface area contributed by atoms with Crippen molar-refractivity contribution in [2.24, 2.45) is 4.99 Å². The van der Waals surface area contributed by atoms with Gasteiger partial charge in [-0.2, -0.15) is 0 Å². The van der Waals surface area contributed by atoms with Crippen molar-refractivity contribution in [3.8, 4) is 0 Å². The molecule has 1 aliphatic heterocycles. The number of nitrogens with zero attached hydrogens (tertiary/aromatic N) is 1. The third-order valence-electron chi connectivity index (χ3n) is 2.98. The number of aliphatic imine (C=N–C) groups is 1. The first-order valence-electron chi connectivity index (χ1n) is 6.52. The first-order valence-corrected chi connectivity index (χ1v) is 7.75. The topological polar surface area (TPSA) is 50.7 Å². The number of ether oxygens (including phenoxy) is 1. The van der Waals surface area contributed by atoms with E-state index in [2.05, 4.69) is 10.3 Å². The first-order chi connectivity index (χ1) is 9.67. The average molecular weight is 290 g/mol. The van der Waals surface area contributed by atoms with Crippen LogP contribution >= 0.6 is 11.8 Å². The third kappa shape index (κ3) is 3.04. The largest absolute Gasteiger partial charge is 0.463 e. The van der Waals surface area contributed by atoms with E-state index >= 15 is 0 Å². The number of hydrogen-bond acceptors (Lipinski definition) is 5. The number of carbonyl (C=O) groups excluding carboxylic acids is 1. The molecule has 0 bridgehead atoms. The lowest BCUT2D eigenvalue weighted by atomic mass is 10.0. The molecule has 1 heterocycles. The molecule has 2 rings (SSSR count). The number of carbonyl (C=O) groups is 1. The van der Waals surface area contributed by atoms with Crippen LogP contribution in [0.15, 0.2) is 40.9 Å². The van der Waals surface area contributed by atoms with Gasteiger partial charge in [0.05, 0.1) is 23.9 Å². The predicted molar refractivity (Wildman–Crippen MR) is 83.5 cm³/mol. The molecule has 0 saturated carbocycles. The van der Waals surface area contributed by atoms with Gasteiger partial charge in [0.2, 0.25) is 0 Å². The van der Waals surface area contributed by atoms with Gasteiger partial charge in [0, 0.05) is 0 Å². The molecule has 0 saturated heterocycles. The maximum atomic E-state index is 12.2. The van der Waals surface area contributed by atoms with Crippen LogP contribution in [0.3, 0.4) is 0 Å². The van der Waals surface area contributed by atoms with Gasteiger partial charge < -0.3 is 10.1 Å². The Morgan fingerprint density at radius 2 is 2.10 bits per heavy atom. The molecule has 4 nitrogen and oxygen atoms in total. The lowest BCUT2D eigenvalue weighted by molar-refractivity contribution is -0.138. The monoisotopic (exact) mass is 290 g/mol. The minimum atomic E-state index is -0.310. The van der Waals surface area contributed by atoms with Crippen LogP contribution in [0.25, 0.3) is 5.70 Å². The van der Waals surface area contributed by atoms with Crippen LogP contribution in [-0.2, 0) is 9.53 Å². The summed E-state index contributed by atoms with van der Waals surface area (Å²) in [6, 6.07) is 9.57. The molecular formula is C15H18N2O2S. The fraction of sp³-hybridized carbons (Fsp3) is 0.333. The SMILES string of the molecule is CCOC(=O)C1=C(c2ccccc2)NC(SC)=NC1C. The Morgan fingerprint density at radius 3 is 2.70 bits per heavy atom. The molecule has 1 aromatic carbocycles. The van der Waals surface area contributed by atoms with Gasteiger partial charge in [-0.25, -0.2) is 4.79 Å². The zero-order chi connectivity index (χ0) is 14.5.